The van der Waals surface area contributed by atoms with E-state index in [2.05, 4.69) is 15.5 Å². The van der Waals surface area contributed by atoms with Crippen molar-refractivity contribution < 1.29 is 18.8 Å². The number of carbonyl (C=O) groups is 2. The molecule has 29 heavy (non-hydrogen) atoms. The highest BCUT2D eigenvalue weighted by Gasteiger charge is 2.17. The molecule has 8 heteroatoms. The summed E-state index contributed by atoms with van der Waals surface area (Å²) in [6.07, 6.45) is 1.60. The van der Waals surface area contributed by atoms with Gasteiger partial charge in [-0.2, -0.15) is 0 Å². The predicted molar refractivity (Wildman–Crippen MR) is 110 cm³/mol. The molecule has 3 rings (SSSR count). The Kier molecular flexibility index (Phi) is 6.66. The average molecular weight is 411 g/mol. The van der Waals surface area contributed by atoms with Crippen molar-refractivity contribution in [2.45, 2.75) is 31.6 Å². The van der Waals surface area contributed by atoms with Crippen LogP contribution < -0.4 is 5.32 Å². The van der Waals surface area contributed by atoms with E-state index in [0.717, 1.165) is 22.6 Å². The number of aryl methyl sites for hydroxylation is 3. The maximum absolute atomic E-state index is 12.5. The van der Waals surface area contributed by atoms with Gasteiger partial charge in [-0.1, -0.05) is 29.1 Å². The molecule has 0 aliphatic rings. The van der Waals surface area contributed by atoms with Crippen molar-refractivity contribution >= 4 is 29.3 Å². The standard InChI is InChI=1S/C21H21N3O4S/c1-13-6-7-14(2)18(9-13)23-19(25)11-27-21(26)17-5-4-8-22-20(17)29-12-16-10-15(3)28-24-16/h4-10H,11-12H2,1-3H3,(H,23,25). The third-order valence-electron chi connectivity index (χ3n) is 4.03. The molecular weight excluding hydrogens is 390 g/mol. The van der Waals surface area contributed by atoms with Crippen molar-refractivity contribution in [3.05, 3.63) is 70.7 Å². The highest BCUT2D eigenvalue weighted by atomic mass is 32.2. The molecule has 0 fully saturated rings. The summed E-state index contributed by atoms with van der Waals surface area (Å²) >= 11 is 1.35. The Hall–Kier alpha value is -3.13. The molecule has 3 aromatic rings. The molecule has 0 saturated heterocycles. The van der Waals surface area contributed by atoms with Gasteiger partial charge in [0.25, 0.3) is 5.91 Å². The number of pyridine rings is 1. The monoisotopic (exact) mass is 411 g/mol. The molecule has 1 aromatic carbocycles. The minimum atomic E-state index is -0.604. The van der Waals surface area contributed by atoms with Gasteiger partial charge in [-0.05, 0) is 50.1 Å². The normalized spacial score (nSPS) is 10.6. The summed E-state index contributed by atoms with van der Waals surface area (Å²) < 4.78 is 10.2. The van der Waals surface area contributed by atoms with Gasteiger partial charge in [0.1, 0.15) is 10.8 Å². The van der Waals surface area contributed by atoms with Crippen LogP contribution in [0.4, 0.5) is 5.69 Å². The molecule has 1 N–H and O–H groups in total. The van der Waals surface area contributed by atoms with E-state index in [0.29, 0.717) is 22.0 Å². The van der Waals surface area contributed by atoms with E-state index < -0.39 is 11.9 Å². The summed E-state index contributed by atoms with van der Waals surface area (Å²) in [7, 11) is 0. The maximum atomic E-state index is 12.5. The van der Waals surface area contributed by atoms with Gasteiger partial charge < -0.3 is 14.6 Å². The lowest BCUT2D eigenvalue weighted by molar-refractivity contribution is -0.119. The number of hydrogen-bond donors (Lipinski definition) is 1. The number of ether oxygens (including phenoxy) is 1. The average Bonchev–Trinajstić information content (AvgIpc) is 3.13. The lowest BCUT2D eigenvalue weighted by Gasteiger charge is -2.10. The number of aromatic nitrogens is 2. The van der Waals surface area contributed by atoms with Gasteiger partial charge in [-0.3, -0.25) is 4.79 Å². The number of hydrogen-bond acceptors (Lipinski definition) is 7. The zero-order valence-electron chi connectivity index (χ0n) is 16.4. The fraction of sp³-hybridized carbons (Fsp3) is 0.238. The highest BCUT2D eigenvalue weighted by Crippen LogP contribution is 2.24. The summed E-state index contributed by atoms with van der Waals surface area (Å²) in [5, 5.41) is 7.20. The van der Waals surface area contributed by atoms with Crippen molar-refractivity contribution in [1.82, 2.24) is 10.1 Å². The molecule has 0 aliphatic carbocycles. The number of nitrogens with zero attached hydrogens (tertiary/aromatic N) is 2. The van der Waals surface area contributed by atoms with E-state index in [1.165, 1.54) is 11.8 Å². The van der Waals surface area contributed by atoms with Crippen LogP contribution in [0.3, 0.4) is 0 Å². The SMILES string of the molecule is Cc1ccc(C)c(NC(=O)COC(=O)c2cccnc2SCc2cc(C)on2)c1. The lowest BCUT2D eigenvalue weighted by Crippen LogP contribution is -2.21. The van der Waals surface area contributed by atoms with Gasteiger partial charge in [0.2, 0.25) is 0 Å². The quantitative estimate of drug-likeness (QED) is 0.462. The largest absolute Gasteiger partial charge is 0.452 e. The molecule has 7 nitrogen and oxygen atoms in total. The van der Waals surface area contributed by atoms with E-state index in [9.17, 15) is 9.59 Å². The number of nitrogens with one attached hydrogen (secondary N) is 1. The van der Waals surface area contributed by atoms with Crippen molar-refractivity contribution in [3.8, 4) is 0 Å². The Balaban J connectivity index is 1.59. The fourth-order valence-electron chi connectivity index (χ4n) is 2.56. The number of carbonyl (C=O) groups excluding carboxylic acids is 2. The second kappa shape index (κ2) is 9.38. The molecule has 0 bridgehead atoms. The Labute approximate surface area is 172 Å². The first-order valence-corrected chi connectivity index (χ1v) is 9.95. The van der Waals surface area contributed by atoms with Gasteiger partial charge >= 0.3 is 5.97 Å². The second-order valence-corrected chi connectivity index (χ2v) is 7.48. The smallest absolute Gasteiger partial charge is 0.341 e. The van der Waals surface area contributed by atoms with E-state index in [1.807, 2.05) is 45.0 Å². The van der Waals surface area contributed by atoms with Crippen LogP contribution in [-0.2, 0) is 15.3 Å². The molecule has 0 spiro atoms. The first-order valence-electron chi connectivity index (χ1n) is 8.96. The zero-order chi connectivity index (χ0) is 20.8. The number of benzene rings is 1. The fourth-order valence-corrected chi connectivity index (χ4v) is 3.42. The predicted octanol–water partition coefficient (Wildman–Crippen LogP) is 4.08. The third kappa shape index (κ3) is 5.68. The van der Waals surface area contributed by atoms with E-state index in [4.69, 9.17) is 9.26 Å². The van der Waals surface area contributed by atoms with Gasteiger partial charge in [0.15, 0.2) is 6.61 Å². The molecule has 0 radical (unpaired) electrons. The molecule has 1 amide bonds. The Morgan fingerprint density at radius 1 is 1.17 bits per heavy atom. The minimum Gasteiger partial charge on any atom is -0.452 e. The number of amides is 1. The number of esters is 1. The van der Waals surface area contributed by atoms with Crippen LogP contribution in [0.5, 0.6) is 0 Å². The van der Waals surface area contributed by atoms with Crippen LogP contribution in [0.25, 0.3) is 0 Å². The summed E-state index contributed by atoms with van der Waals surface area (Å²) in [5.74, 6) is 0.217. The van der Waals surface area contributed by atoms with E-state index in [1.54, 1.807) is 18.3 Å². The molecule has 150 valence electrons. The summed E-state index contributed by atoms with van der Waals surface area (Å²) in [6, 6.07) is 10.9. The van der Waals surface area contributed by atoms with Gasteiger partial charge in [0, 0.05) is 23.7 Å². The third-order valence-corrected chi connectivity index (χ3v) is 5.06. The number of thioether (sulfide) groups is 1. The molecule has 0 unspecified atom stereocenters. The van der Waals surface area contributed by atoms with E-state index >= 15 is 0 Å². The van der Waals surface area contributed by atoms with Crippen LogP contribution in [-0.4, -0.2) is 28.6 Å². The Bertz CT molecular complexity index is 1030. The number of anilines is 1. The van der Waals surface area contributed by atoms with Gasteiger partial charge in [-0.15, -0.1) is 0 Å². The summed E-state index contributed by atoms with van der Waals surface area (Å²) in [5.41, 5.74) is 3.72. The molecule has 0 saturated carbocycles. The minimum absolute atomic E-state index is 0.303. The molecule has 2 heterocycles. The molecule has 0 aliphatic heterocycles. The first-order chi connectivity index (χ1) is 13.9. The maximum Gasteiger partial charge on any atom is 0.341 e. The van der Waals surface area contributed by atoms with Crippen molar-refractivity contribution in [1.29, 1.82) is 0 Å². The van der Waals surface area contributed by atoms with Crippen LogP contribution in [0.1, 0.15) is 32.9 Å². The zero-order valence-corrected chi connectivity index (χ0v) is 17.2. The van der Waals surface area contributed by atoms with Crippen LogP contribution in [0.2, 0.25) is 0 Å². The highest BCUT2D eigenvalue weighted by molar-refractivity contribution is 7.98. The Morgan fingerprint density at radius 3 is 2.76 bits per heavy atom. The van der Waals surface area contributed by atoms with Crippen LogP contribution >= 0.6 is 11.8 Å². The topological polar surface area (TPSA) is 94.3 Å². The molecule has 2 aromatic heterocycles. The second-order valence-electron chi connectivity index (χ2n) is 6.52. The van der Waals surface area contributed by atoms with Gasteiger partial charge in [-0.25, -0.2) is 9.78 Å². The Morgan fingerprint density at radius 2 is 2.00 bits per heavy atom. The van der Waals surface area contributed by atoms with Crippen molar-refractivity contribution in [2.75, 3.05) is 11.9 Å². The molecule has 0 atom stereocenters. The van der Waals surface area contributed by atoms with Crippen LogP contribution in [0, 0.1) is 20.8 Å². The number of rotatable bonds is 7. The van der Waals surface area contributed by atoms with Crippen LogP contribution in [0.15, 0.2) is 52.1 Å². The van der Waals surface area contributed by atoms with Crippen molar-refractivity contribution in [2.24, 2.45) is 0 Å². The summed E-state index contributed by atoms with van der Waals surface area (Å²) in [6.45, 7) is 5.27. The van der Waals surface area contributed by atoms with E-state index in [-0.39, 0.29) is 6.61 Å². The first kappa shape index (κ1) is 20.6. The van der Waals surface area contributed by atoms with Gasteiger partial charge in [0.05, 0.1) is 11.3 Å². The van der Waals surface area contributed by atoms with Crippen molar-refractivity contribution in [3.63, 3.8) is 0 Å². The molecular formula is C21H21N3O4S. The summed E-state index contributed by atoms with van der Waals surface area (Å²) in [4.78, 5) is 28.9. The lowest BCUT2D eigenvalue weighted by atomic mass is 10.1.